The van der Waals surface area contributed by atoms with Crippen LogP contribution in [0.15, 0.2) is 59.6 Å². The van der Waals surface area contributed by atoms with Crippen LogP contribution in [0.4, 0.5) is 11.4 Å². The Kier molecular flexibility index (Phi) is 12.1. The summed E-state index contributed by atoms with van der Waals surface area (Å²) in [5, 5.41) is 3.66. The summed E-state index contributed by atoms with van der Waals surface area (Å²) in [5.41, 5.74) is 2.27. The molecule has 3 heterocycles. The maximum absolute atomic E-state index is 13.2. The summed E-state index contributed by atoms with van der Waals surface area (Å²) < 4.78 is 11.7. The first kappa shape index (κ1) is 35.9. The van der Waals surface area contributed by atoms with E-state index < -0.39 is 0 Å². The smallest absolute Gasteiger partial charge is 0.256 e. The number of carbonyl (C=O) groups excluding carboxylic acids is 3. The lowest BCUT2D eigenvalue weighted by Gasteiger charge is -2.34. The van der Waals surface area contributed by atoms with Crippen molar-refractivity contribution in [2.75, 3.05) is 64.8 Å². The van der Waals surface area contributed by atoms with Crippen LogP contribution < -0.4 is 14.8 Å². The molecule has 3 aromatic rings. The molecule has 3 aliphatic heterocycles. The number of amides is 2. The number of ketones is 1. The van der Waals surface area contributed by atoms with Gasteiger partial charge in [-0.25, -0.2) is 0 Å². The third-order valence-electron chi connectivity index (χ3n) is 9.54. The van der Waals surface area contributed by atoms with Crippen molar-refractivity contribution in [2.45, 2.75) is 44.6 Å². The van der Waals surface area contributed by atoms with Gasteiger partial charge in [0.05, 0.1) is 48.3 Å². The molecule has 3 aliphatic rings. The molecule has 6 rings (SSSR count). The van der Waals surface area contributed by atoms with Crippen molar-refractivity contribution in [1.29, 1.82) is 0 Å². The van der Waals surface area contributed by atoms with Crippen LogP contribution in [0.25, 0.3) is 0 Å². The van der Waals surface area contributed by atoms with Gasteiger partial charge in [0.2, 0.25) is 5.91 Å². The zero-order chi connectivity index (χ0) is 35.0. The predicted molar refractivity (Wildman–Crippen MR) is 197 cm³/mol. The number of hydrogen-bond donors (Lipinski definition) is 1. The molecule has 0 spiro atoms. The second-order valence-electron chi connectivity index (χ2n) is 12.9. The molecule has 1 atom stereocenters. The van der Waals surface area contributed by atoms with Gasteiger partial charge in [0.25, 0.3) is 5.91 Å². The van der Waals surface area contributed by atoms with Gasteiger partial charge < -0.3 is 24.6 Å². The molecule has 0 aromatic heterocycles. The molecule has 2 amide bonds. The molecule has 50 heavy (non-hydrogen) atoms. The zero-order valence-corrected chi connectivity index (χ0v) is 29.8. The molecular formula is C38H43Cl2N5O5. The Hall–Kier alpha value is -3.96. The van der Waals surface area contributed by atoms with E-state index in [0.29, 0.717) is 56.2 Å². The summed E-state index contributed by atoms with van der Waals surface area (Å²) >= 11 is 12.5. The van der Waals surface area contributed by atoms with E-state index in [2.05, 4.69) is 20.1 Å². The van der Waals surface area contributed by atoms with Crippen LogP contribution in [0.3, 0.4) is 0 Å². The number of halogens is 2. The monoisotopic (exact) mass is 719 g/mol. The first-order chi connectivity index (χ1) is 24.3. The molecule has 3 aromatic carbocycles. The average molecular weight is 721 g/mol. The summed E-state index contributed by atoms with van der Waals surface area (Å²) in [5.74, 6) is 0.697. The number of nitrogens with zero attached hydrogens (tertiary/aromatic N) is 4. The summed E-state index contributed by atoms with van der Waals surface area (Å²) in [4.78, 5) is 50.4. The van der Waals surface area contributed by atoms with Crippen molar-refractivity contribution in [3.63, 3.8) is 0 Å². The van der Waals surface area contributed by atoms with E-state index in [-0.39, 0.29) is 30.2 Å². The molecule has 12 heteroatoms. The second-order valence-corrected chi connectivity index (χ2v) is 13.8. The topological polar surface area (TPSA) is 104 Å². The highest BCUT2D eigenvalue weighted by atomic mass is 35.5. The third kappa shape index (κ3) is 8.66. The number of ether oxygens (including phenoxy) is 2. The van der Waals surface area contributed by atoms with Crippen molar-refractivity contribution >= 4 is 58.4 Å². The average Bonchev–Trinajstić information content (AvgIpc) is 3.55. The Morgan fingerprint density at radius 2 is 1.68 bits per heavy atom. The molecule has 1 N–H and O–H groups in total. The third-order valence-corrected chi connectivity index (χ3v) is 10.1. The number of anilines is 1. The van der Waals surface area contributed by atoms with Gasteiger partial charge in [-0.15, -0.1) is 0 Å². The Balaban J connectivity index is 0.888. The molecular weight excluding hydrogens is 677 g/mol. The van der Waals surface area contributed by atoms with E-state index in [4.69, 9.17) is 32.7 Å². The van der Waals surface area contributed by atoms with E-state index in [1.165, 1.54) is 0 Å². The van der Waals surface area contributed by atoms with Crippen molar-refractivity contribution in [1.82, 2.24) is 14.7 Å². The van der Waals surface area contributed by atoms with Crippen LogP contribution in [0.2, 0.25) is 10.0 Å². The number of hydrogen-bond acceptors (Lipinski definition) is 8. The van der Waals surface area contributed by atoms with E-state index in [1.54, 1.807) is 55.6 Å². The van der Waals surface area contributed by atoms with Crippen LogP contribution in [-0.4, -0.2) is 104 Å². The minimum atomic E-state index is -0.298. The van der Waals surface area contributed by atoms with E-state index in [0.717, 1.165) is 77.8 Å². The molecule has 0 radical (unpaired) electrons. The molecule has 0 bridgehead atoms. The minimum Gasteiger partial charge on any atom is -0.493 e. The van der Waals surface area contributed by atoms with Gasteiger partial charge in [0.1, 0.15) is 0 Å². The van der Waals surface area contributed by atoms with Gasteiger partial charge in [-0.1, -0.05) is 48.2 Å². The fraction of sp³-hybridized carbons (Fsp3) is 0.421. The van der Waals surface area contributed by atoms with Gasteiger partial charge in [0.15, 0.2) is 17.3 Å². The highest BCUT2D eigenvalue weighted by molar-refractivity contribution is 6.36. The highest BCUT2D eigenvalue weighted by Gasteiger charge is 2.32. The molecule has 2 saturated heterocycles. The standard InChI is InChI=1S/C38H43Cl2N5O5/c1-49-34-22-30-33(41-24-27-9-8-15-45(27)38(30)48)23-35(34)50-20-7-3-2-6-14-43-16-18-44(19-17-43)25-36(46)42-32-13-12-26(39)21-29(32)37(47)28-10-4-5-11-31(28)40/h4-5,10-13,21-24,27H,2-3,6-9,14-20,25H2,1H3,(H,42,46). The summed E-state index contributed by atoms with van der Waals surface area (Å²) in [6, 6.07) is 15.3. The second kappa shape index (κ2) is 16.8. The number of piperazine rings is 1. The van der Waals surface area contributed by atoms with Gasteiger partial charge in [0, 0.05) is 61.2 Å². The van der Waals surface area contributed by atoms with E-state index >= 15 is 0 Å². The first-order valence-electron chi connectivity index (χ1n) is 17.3. The Morgan fingerprint density at radius 1 is 0.900 bits per heavy atom. The largest absolute Gasteiger partial charge is 0.493 e. The van der Waals surface area contributed by atoms with Crippen LogP contribution in [0.1, 0.15) is 64.8 Å². The van der Waals surface area contributed by atoms with Crippen molar-refractivity contribution in [3.05, 3.63) is 81.3 Å². The predicted octanol–water partition coefficient (Wildman–Crippen LogP) is 6.75. The van der Waals surface area contributed by atoms with E-state index in [9.17, 15) is 14.4 Å². The summed E-state index contributed by atoms with van der Waals surface area (Å²) in [6.45, 7) is 5.97. The van der Waals surface area contributed by atoms with Gasteiger partial charge in [-0.3, -0.25) is 24.3 Å². The number of rotatable bonds is 14. The summed E-state index contributed by atoms with van der Waals surface area (Å²) in [7, 11) is 1.59. The van der Waals surface area contributed by atoms with Crippen LogP contribution in [0, 0.1) is 0 Å². The maximum Gasteiger partial charge on any atom is 0.256 e. The lowest BCUT2D eigenvalue weighted by Crippen LogP contribution is -2.48. The Bertz CT molecular complexity index is 1740. The van der Waals surface area contributed by atoms with Gasteiger partial charge in [-0.05, 0) is 68.6 Å². The quantitative estimate of drug-likeness (QED) is 0.145. The maximum atomic E-state index is 13.2. The lowest BCUT2D eigenvalue weighted by atomic mass is 10.0. The van der Waals surface area contributed by atoms with Crippen LogP contribution in [0.5, 0.6) is 11.5 Å². The number of nitrogens with one attached hydrogen (secondary N) is 1. The lowest BCUT2D eigenvalue weighted by molar-refractivity contribution is -0.117. The van der Waals surface area contributed by atoms with Gasteiger partial charge in [-0.2, -0.15) is 0 Å². The molecule has 1 unspecified atom stereocenters. The normalized spacial score (nSPS) is 17.6. The van der Waals surface area contributed by atoms with E-state index in [1.807, 2.05) is 17.2 Å². The molecule has 0 saturated carbocycles. The SMILES string of the molecule is COc1cc2c(cc1OCCCCCCN1CCN(CC(=O)Nc3ccc(Cl)cc3C(=O)c3ccccc3Cl)CC1)N=CC1CCCN1C2=O. The zero-order valence-electron chi connectivity index (χ0n) is 28.3. The number of carbonyl (C=O) groups is 3. The molecule has 0 aliphatic carbocycles. The fourth-order valence-corrected chi connectivity index (χ4v) is 7.15. The minimum absolute atomic E-state index is 0.00399. The summed E-state index contributed by atoms with van der Waals surface area (Å²) in [6.07, 6.45) is 7.99. The number of fused-ring (bicyclic) bond motifs is 2. The Labute approximate surface area is 303 Å². The number of methoxy groups -OCH3 is 1. The van der Waals surface area contributed by atoms with Crippen molar-refractivity contribution in [2.24, 2.45) is 4.99 Å². The fourth-order valence-electron chi connectivity index (χ4n) is 6.76. The molecule has 2 fully saturated rings. The van der Waals surface area contributed by atoms with Crippen LogP contribution in [-0.2, 0) is 4.79 Å². The van der Waals surface area contributed by atoms with Gasteiger partial charge >= 0.3 is 0 Å². The number of aliphatic imine (C=N–C) groups is 1. The Morgan fingerprint density at radius 3 is 2.48 bits per heavy atom. The molecule has 10 nitrogen and oxygen atoms in total. The van der Waals surface area contributed by atoms with Crippen molar-refractivity contribution in [3.8, 4) is 11.5 Å². The van der Waals surface area contributed by atoms with Crippen molar-refractivity contribution < 1.29 is 23.9 Å². The number of unbranched alkanes of at least 4 members (excludes halogenated alkanes) is 3. The van der Waals surface area contributed by atoms with Crippen LogP contribution >= 0.6 is 23.2 Å². The highest BCUT2D eigenvalue weighted by Crippen LogP contribution is 2.38. The number of benzene rings is 3. The first-order valence-corrected chi connectivity index (χ1v) is 18.1. The molecule has 264 valence electrons.